The highest BCUT2D eigenvalue weighted by atomic mass is 16.6. The molecule has 0 spiro atoms. The summed E-state index contributed by atoms with van der Waals surface area (Å²) in [7, 11) is 0. The molecule has 62 valence electrons. The van der Waals surface area contributed by atoms with Crippen molar-refractivity contribution in [1.29, 1.82) is 0 Å². The van der Waals surface area contributed by atoms with Crippen LogP contribution >= 0.6 is 0 Å². The molecule has 1 aromatic rings. The van der Waals surface area contributed by atoms with Gasteiger partial charge in [0.1, 0.15) is 0 Å². The van der Waals surface area contributed by atoms with Crippen LogP contribution in [0, 0.1) is 10.1 Å². The summed E-state index contributed by atoms with van der Waals surface area (Å²) in [4.78, 5) is 12.1. The van der Waals surface area contributed by atoms with E-state index in [1.54, 1.807) is 0 Å². The lowest BCUT2D eigenvalue weighted by Gasteiger charge is -1.90. The van der Waals surface area contributed by atoms with Crippen LogP contribution < -0.4 is 0 Å². The number of nitro groups is 1. The first kappa shape index (κ1) is 8.02. The maximum atomic E-state index is 10.2. The van der Waals surface area contributed by atoms with Crippen molar-refractivity contribution in [3.05, 3.63) is 32.3 Å². The van der Waals surface area contributed by atoms with Crippen LogP contribution in [0.5, 0.6) is 0 Å². The fraction of sp³-hybridized carbons (Fsp3) is 0.250. The Morgan fingerprint density at radius 2 is 2.67 bits per heavy atom. The van der Waals surface area contributed by atoms with Gasteiger partial charge in [-0.3, -0.25) is 0 Å². The van der Waals surface area contributed by atoms with Crippen LogP contribution in [-0.2, 0) is 6.54 Å². The molecule has 0 radical (unpaired) electrons. The summed E-state index contributed by atoms with van der Waals surface area (Å²) in [6, 6.07) is 0. The lowest BCUT2D eigenvalue weighted by atomic mass is 10.3. The molecule has 0 bridgehead atoms. The molecule has 12 heavy (non-hydrogen) atoms. The second-order valence-electron chi connectivity index (χ2n) is 1.89. The molecule has 0 unspecified atom stereocenters. The van der Waals surface area contributed by atoms with E-state index in [0.717, 1.165) is 0 Å². The average Bonchev–Trinajstić information content (AvgIpc) is 2.48. The largest absolute Gasteiger partial charge is 0.358 e. The topological polar surface area (TPSA) is 121 Å². The molecule has 0 saturated heterocycles. The molecule has 0 aliphatic rings. The molecule has 8 nitrogen and oxygen atoms in total. The van der Waals surface area contributed by atoms with E-state index in [9.17, 15) is 10.1 Å². The van der Waals surface area contributed by atoms with Crippen molar-refractivity contribution in [2.75, 3.05) is 0 Å². The number of H-pyrrole nitrogens is 1. The first-order valence-electron chi connectivity index (χ1n) is 2.93. The van der Waals surface area contributed by atoms with Gasteiger partial charge in [0, 0.05) is 4.91 Å². The Morgan fingerprint density at radius 3 is 3.25 bits per heavy atom. The zero-order valence-corrected chi connectivity index (χ0v) is 5.84. The average molecular weight is 168 g/mol. The van der Waals surface area contributed by atoms with Gasteiger partial charge in [-0.05, 0) is 10.5 Å². The number of rotatable bonds is 3. The van der Waals surface area contributed by atoms with Crippen LogP contribution in [-0.4, -0.2) is 15.1 Å². The van der Waals surface area contributed by atoms with Crippen molar-refractivity contribution >= 4 is 5.82 Å². The zero-order chi connectivity index (χ0) is 8.97. The maximum absolute atomic E-state index is 10.2. The lowest BCUT2D eigenvalue weighted by molar-refractivity contribution is -0.390. The third-order valence-electron chi connectivity index (χ3n) is 1.18. The van der Waals surface area contributed by atoms with E-state index in [1.807, 2.05) is 0 Å². The number of aromatic nitrogens is 2. The lowest BCUT2D eigenvalue weighted by Crippen LogP contribution is -1.91. The van der Waals surface area contributed by atoms with Crippen molar-refractivity contribution in [3.8, 4) is 0 Å². The molecule has 0 aromatic carbocycles. The van der Waals surface area contributed by atoms with Crippen LogP contribution in [0.2, 0.25) is 0 Å². The van der Waals surface area contributed by atoms with Gasteiger partial charge in [0.15, 0.2) is 0 Å². The van der Waals surface area contributed by atoms with Crippen LogP contribution in [0.25, 0.3) is 10.4 Å². The quantitative estimate of drug-likeness (QED) is 0.239. The zero-order valence-electron chi connectivity index (χ0n) is 5.84. The fourth-order valence-electron chi connectivity index (χ4n) is 0.686. The highest BCUT2D eigenvalue weighted by Crippen LogP contribution is 2.14. The Hall–Kier alpha value is -2.08. The minimum Gasteiger partial charge on any atom is -0.358 e. The molecule has 0 amide bonds. The minimum absolute atomic E-state index is 0.0662. The van der Waals surface area contributed by atoms with E-state index in [-0.39, 0.29) is 17.9 Å². The van der Waals surface area contributed by atoms with Gasteiger partial charge in [0.25, 0.3) is 0 Å². The SMILES string of the molecule is [N-]=[N+]=NCc1cn[nH]c1[N+](=O)[O-]. The number of azide groups is 1. The molecule has 1 N–H and O–H groups in total. The van der Waals surface area contributed by atoms with E-state index in [0.29, 0.717) is 0 Å². The predicted octanol–water partition coefficient (Wildman–Crippen LogP) is 1.13. The summed E-state index contributed by atoms with van der Waals surface area (Å²) < 4.78 is 0. The number of hydrogen-bond acceptors (Lipinski definition) is 4. The van der Waals surface area contributed by atoms with Gasteiger partial charge in [0.05, 0.1) is 18.3 Å². The van der Waals surface area contributed by atoms with Crippen molar-refractivity contribution in [1.82, 2.24) is 10.2 Å². The second-order valence-corrected chi connectivity index (χ2v) is 1.89. The van der Waals surface area contributed by atoms with Gasteiger partial charge in [-0.15, -0.1) is 5.10 Å². The first-order valence-corrected chi connectivity index (χ1v) is 2.93. The van der Waals surface area contributed by atoms with Gasteiger partial charge in [-0.1, -0.05) is 10.2 Å². The molecule has 0 aliphatic heterocycles. The van der Waals surface area contributed by atoms with E-state index < -0.39 is 4.92 Å². The summed E-state index contributed by atoms with van der Waals surface area (Å²) in [6.07, 6.45) is 1.26. The maximum Gasteiger partial charge on any atom is 0.345 e. The number of nitrogens with one attached hydrogen (secondary N) is 1. The Morgan fingerprint density at radius 1 is 1.92 bits per heavy atom. The number of hydrogen-bond donors (Lipinski definition) is 1. The van der Waals surface area contributed by atoms with Crippen LogP contribution in [0.3, 0.4) is 0 Å². The normalized spacial score (nSPS) is 9.00. The fourth-order valence-corrected chi connectivity index (χ4v) is 0.686. The first-order chi connectivity index (χ1) is 5.75. The smallest absolute Gasteiger partial charge is 0.345 e. The number of aromatic amines is 1. The van der Waals surface area contributed by atoms with Crippen molar-refractivity contribution < 1.29 is 4.92 Å². The predicted molar refractivity (Wildman–Crippen MR) is 38.1 cm³/mol. The monoisotopic (exact) mass is 168 g/mol. The summed E-state index contributed by atoms with van der Waals surface area (Å²) in [5.74, 6) is -0.234. The van der Waals surface area contributed by atoms with Crippen molar-refractivity contribution in [3.63, 3.8) is 0 Å². The van der Waals surface area contributed by atoms with Gasteiger partial charge in [0.2, 0.25) is 0 Å². The minimum atomic E-state index is -0.616. The molecule has 1 rings (SSSR count). The summed E-state index contributed by atoms with van der Waals surface area (Å²) >= 11 is 0. The molecule has 0 atom stereocenters. The van der Waals surface area contributed by atoms with E-state index in [1.165, 1.54) is 6.20 Å². The molecular weight excluding hydrogens is 164 g/mol. The second kappa shape index (κ2) is 3.35. The van der Waals surface area contributed by atoms with Crippen LogP contribution in [0.15, 0.2) is 11.3 Å². The third kappa shape index (κ3) is 1.50. The highest BCUT2D eigenvalue weighted by molar-refractivity contribution is 5.28. The third-order valence-corrected chi connectivity index (χ3v) is 1.18. The molecular formula is C4H4N6O2. The van der Waals surface area contributed by atoms with E-state index >= 15 is 0 Å². The van der Waals surface area contributed by atoms with E-state index in [4.69, 9.17) is 5.53 Å². The van der Waals surface area contributed by atoms with Gasteiger partial charge in [-0.2, -0.15) is 0 Å². The van der Waals surface area contributed by atoms with Crippen molar-refractivity contribution in [2.45, 2.75) is 6.54 Å². The summed E-state index contributed by atoms with van der Waals surface area (Å²) in [5, 5.41) is 19.0. The van der Waals surface area contributed by atoms with Gasteiger partial charge >= 0.3 is 5.82 Å². The Bertz CT molecular complexity index is 337. The summed E-state index contributed by atoms with van der Waals surface area (Å²) in [5.41, 5.74) is 8.23. The molecule has 1 heterocycles. The Kier molecular flexibility index (Phi) is 2.24. The van der Waals surface area contributed by atoms with Gasteiger partial charge in [-0.25, -0.2) is 0 Å². The van der Waals surface area contributed by atoms with Gasteiger partial charge < -0.3 is 10.1 Å². The molecule has 0 aliphatic carbocycles. The van der Waals surface area contributed by atoms with Crippen LogP contribution in [0.4, 0.5) is 5.82 Å². The van der Waals surface area contributed by atoms with E-state index in [2.05, 4.69) is 20.2 Å². The van der Waals surface area contributed by atoms with Crippen molar-refractivity contribution in [2.24, 2.45) is 5.11 Å². The molecule has 0 saturated carbocycles. The highest BCUT2D eigenvalue weighted by Gasteiger charge is 2.12. The standard InChI is InChI=1S/C4H4N6O2/c5-9-7-2-3-1-6-8-4(3)10(11)12/h1H,2H2,(H,6,8). The molecule has 0 fully saturated rings. The molecule has 8 heteroatoms. The number of nitrogens with zero attached hydrogens (tertiary/aromatic N) is 5. The Balaban J connectivity index is 2.91. The molecule has 1 aromatic heterocycles. The van der Waals surface area contributed by atoms with Crippen LogP contribution in [0.1, 0.15) is 5.56 Å². The summed E-state index contributed by atoms with van der Waals surface area (Å²) in [6.45, 7) is -0.0662. The Labute approximate surface area is 66.0 Å².